The molecule has 1 saturated heterocycles. The van der Waals surface area contributed by atoms with Crippen LogP contribution in [0.15, 0.2) is 30.5 Å². The first kappa shape index (κ1) is 20.9. The molecule has 0 unspecified atom stereocenters. The molecule has 0 amide bonds. The molecule has 1 aromatic heterocycles. The second-order valence-electron chi connectivity index (χ2n) is 8.81. The average Bonchev–Trinajstić information content (AvgIpc) is 3.23. The molecule has 2 aliphatic rings. The van der Waals surface area contributed by atoms with Gasteiger partial charge in [0.1, 0.15) is 11.9 Å². The molecule has 1 aromatic carbocycles. The van der Waals surface area contributed by atoms with Gasteiger partial charge in [-0.25, -0.2) is 4.98 Å². The van der Waals surface area contributed by atoms with E-state index < -0.39 is 0 Å². The van der Waals surface area contributed by atoms with Gasteiger partial charge in [0.05, 0.1) is 24.9 Å². The Labute approximate surface area is 179 Å². The topological polar surface area (TPSA) is 65.5 Å². The lowest BCUT2D eigenvalue weighted by molar-refractivity contribution is 0.138. The molecule has 4 rings (SSSR count). The number of benzene rings is 1. The van der Waals surface area contributed by atoms with Gasteiger partial charge in [0.2, 0.25) is 11.8 Å². The standard InChI is InChI=1S/C24H33N3O3/c1-16(2)29-20-10-6-18(7-11-20)22-14-25-24(26-19-8-4-17(3)5-9-19)27-23(22)30-21-12-13-28-15-21/h6-7,10-11,14,16-17,19,21H,4-5,8-9,12-13,15H2,1-3H3,(H,25,26,27)/t17-,19+,21-/m1/s1. The largest absolute Gasteiger partial charge is 0.491 e. The fourth-order valence-corrected chi connectivity index (χ4v) is 4.06. The van der Waals surface area contributed by atoms with Gasteiger partial charge in [-0.05, 0) is 63.1 Å². The van der Waals surface area contributed by atoms with Gasteiger partial charge in [0.25, 0.3) is 0 Å². The summed E-state index contributed by atoms with van der Waals surface area (Å²) in [7, 11) is 0. The Kier molecular flexibility index (Phi) is 6.72. The van der Waals surface area contributed by atoms with E-state index in [4.69, 9.17) is 19.2 Å². The van der Waals surface area contributed by atoms with Crippen LogP contribution in [0.4, 0.5) is 5.95 Å². The van der Waals surface area contributed by atoms with Crippen LogP contribution in [0, 0.1) is 5.92 Å². The van der Waals surface area contributed by atoms with E-state index >= 15 is 0 Å². The second kappa shape index (κ2) is 9.65. The van der Waals surface area contributed by atoms with Crippen molar-refractivity contribution < 1.29 is 14.2 Å². The highest BCUT2D eigenvalue weighted by molar-refractivity contribution is 5.69. The van der Waals surface area contributed by atoms with Crippen molar-refractivity contribution in [2.45, 2.75) is 71.1 Å². The van der Waals surface area contributed by atoms with Gasteiger partial charge in [0.15, 0.2) is 0 Å². The van der Waals surface area contributed by atoms with Gasteiger partial charge >= 0.3 is 0 Å². The first-order valence-corrected chi connectivity index (χ1v) is 11.2. The number of hydrogen-bond donors (Lipinski definition) is 1. The highest BCUT2D eigenvalue weighted by Gasteiger charge is 2.23. The first-order chi connectivity index (χ1) is 14.6. The maximum Gasteiger partial charge on any atom is 0.226 e. The van der Waals surface area contributed by atoms with Crippen LogP contribution < -0.4 is 14.8 Å². The van der Waals surface area contributed by atoms with Gasteiger partial charge in [0, 0.05) is 18.7 Å². The van der Waals surface area contributed by atoms with E-state index in [9.17, 15) is 0 Å². The van der Waals surface area contributed by atoms with E-state index in [2.05, 4.69) is 17.2 Å². The third-order valence-corrected chi connectivity index (χ3v) is 5.81. The third-order valence-electron chi connectivity index (χ3n) is 5.81. The van der Waals surface area contributed by atoms with Crippen molar-refractivity contribution in [2.24, 2.45) is 5.92 Å². The SMILES string of the molecule is CC(C)Oc1ccc(-c2cnc(N[C@H]3CC[C@@H](C)CC3)nc2O[C@@H]2CCOC2)cc1. The van der Waals surface area contributed by atoms with Crippen molar-refractivity contribution in [2.75, 3.05) is 18.5 Å². The molecule has 1 aliphatic carbocycles. The molecule has 0 bridgehead atoms. The van der Waals surface area contributed by atoms with Gasteiger partial charge in [-0.15, -0.1) is 0 Å². The van der Waals surface area contributed by atoms with Crippen LogP contribution in [0.3, 0.4) is 0 Å². The fourth-order valence-electron chi connectivity index (χ4n) is 4.06. The van der Waals surface area contributed by atoms with E-state index in [-0.39, 0.29) is 12.2 Å². The summed E-state index contributed by atoms with van der Waals surface area (Å²) in [4.78, 5) is 9.37. The number of nitrogens with zero attached hydrogens (tertiary/aromatic N) is 2. The third kappa shape index (κ3) is 5.42. The van der Waals surface area contributed by atoms with Gasteiger partial charge in [-0.2, -0.15) is 4.98 Å². The maximum atomic E-state index is 6.26. The molecule has 162 valence electrons. The Morgan fingerprint density at radius 1 is 1.07 bits per heavy atom. The molecular weight excluding hydrogens is 378 g/mol. The summed E-state index contributed by atoms with van der Waals surface area (Å²) < 4.78 is 17.5. The maximum absolute atomic E-state index is 6.26. The van der Waals surface area contributed by atoms with E-state index in [1.54, 1.807) is 0 Å². The first-order valence-electron chi connectivity index (χ1n) is 11.2. The average molecular weight is 412 g/mol. The second-order valence-corrected chi connectivity index (χ2v) is 8.81. The monoisotopic (exact) mass is 411 g/mol. The normalized spacial score (nSPS) is 24.1. The lowest BCUT2D eigenvalue weighted by Gasteiger charge is -2.27. The molecular formula is C24H33N3O3. The number of aromatic nitrogens is 2. The van der Waals surface area contributed by atoms with Crippen molar-refractivity contribution in [1.82, 2.24) is 9.97 Å². The summed E-state index contributed by atoms with van der Waals surface area (Å²) in [5.74, 6) is 2.93. The Bertz CT molecular complexity index is 811. The zero-order chi connectivity index (χ0) is 20.9. The number of nitrogens with one attached hydrogen (secondary N) is 1. The summed E-state index contributed by atoms with van der Waals surface area (Å²) in [6.45, 7) is 7.71. The molecule has 6 heteroatoms. The molecule has 30 heavy (non-hydrogen) atoms. The van der Waals surface area contributed by atoms with E-state index in [0.29, 0.717) is 24.5 Å². The minimum atomic E-state index is 0.0329. The highest BCUT2D eigenvalue weighted by atomic mass is 16.5. The number of ether oxygens (including phenoxy) is 3. The van der Waals surface area contributed by atoms with Crippen molar-refractivity contribution >= 4 is 5.95 Å². The Morgan fingerprint density at radius 2 is 1.83 bits per heavy atom. The van der Waals surface area contributed by atoms with Crippen LogP contribution in [-0.4, -0.2) is 41.4 Å². The number of anilines is 1. The minimum absolute atomic E-state index is 0.0329. The molecule has 2 aromatic rings. The quantitative estimate of drug-likeness (QED) is 0.685. The lowest BCUT2D eigenvalue weighted by atomic mass is 9.87. The number of hydrogen-bond acceptors (Lipinski definition) is 6. The minimum Gasteiger partial charge on any atom is -0.491 e. The molecule has 0 radical (unpaired) electrons. The van der Waals surface area contributed by atoms with Crippen LogP contribution in [0.5, 0.6) is 11.6 Å². The predicted octanol–water partition coefficient (Wildman–Crippen LogP) is 5.09. The summed E-state index contributed by atoms with van der Waals surface area (Å²) in [5.41, 5.74) is 1.90. The lowest BCUT2D eigenvalue weighted by Crippen LogP contribution is -2.26. The Balaban J connectivity index is 1.55. The molecule has 2 heterocycles. The van der Waals surface area contributed by atoms with Gasteiger partial charge in [-0.3, -0.25) is 0 Å². The zero-order valence-electron chi connectivity index (χ0n) is 18.3. The summed E-state index contributed by atoms with van der Waals surface area (Å²) in [6.07, 6.45) is 7.76. The van der Waals surface area contributed by atoms with Crippen LogP contribution in [-0.2, 0) is 4.74 Å². The summed E-state index contributed by atoms with van der Waals surface area (Å²) in [5, 5.41) is 3.52. The van der Waals surface area contributed by atoms with Gasteiger partial charge < -0.3 is 19.5 Å². The van der Waals surface area contributed by atoms with Crippen molar-refractivity contribution in [3.05, 3.63) is 30.5 Å². The highest BCUT2D eigenvalue weighted by Crippen LogP contribution is 2.32. The molecule has 0 spiro atoms. The molecule has 2 fully saturated rings. The fraction of sp³-hybridized carbons (Fsp3) is 0.583. The summed E-state index contributed by atoms with van der Waals surface area (Å²) >= 11 is 0. The van der Waals surface area contributed by atoms with Crippen LogP contribution in [0.1, 0.15) is 52.9 Å². The predicted molar refractivity (Wildman–Crippen MR) is 118 cm³/mol. The number of rotatable bonds is 7. The van der Waals surface area contributed by atoms with Crippen molar-refractivity contribution in [1.29, 1.82) is 0 Å². The molecule has 1 aliphatic heterocycles. The van der Waals surface area contributed by atoms with Crippen molar-refractivity contribution in [3.63, 3.8) is 0 Å². The van der Waals surface area contributed by atoms with Crippen LogP contribution in [0.2, 0.25) is 0 Å². The van der Waals surface area contributed by atoms with Crippen LogP contribution >= 0.6 is 0 Å². The Hall–Kier alpha value is -2.34. The smallest absolute Gasteiger partial charge is 0.226 e. The van der Waals surface area contributed by atoms with E-state index in [1.165, 1.54) is 12.8 Å². The molecule has 1 atom stereocenters. The molecule has 6 nitrogen and oxygen atoms in total. The Morgan fingerprint density at radius 3 is 2.50 bits per heavy atom. The van der Waals surface area contributed by atoms with Crippen molar-refractivity contribution in [3.8, 4) is 22.8 Å². The van der Waals surface area contributed by atoms with E-state index in [1.807, 2.05) is 44.3 Å². The van der Waals surface area contributed by atoms with E-state index in [0.717, 1.165) is 48.7 Å². The summed E-state index contributed by atoms with van der Waals surface area (Å²) in [6, 6.07) is 8.45. The molecule has 1 saturated carbocycles. The molecule has 1 N–H and O–H groups in total. The van der Waals surface area contributed by atoms with Crippen LogP contribution in [0.25, 0.3) is 11.1 Å². The van der Waals surface area contributed by atoms with Gasteiger partial charge in [-0.1, -0.05) is 19.1 Å². The zero-order valence-corrected chi connectivity index (χ0v) is 18.3.